The molecule has 0 aromatic carbocycles. The Balaban J connectivity index is 1.72. The maximum Gasteiger partial charge on any atom is 0.222 e. The van der Waals surface area contributed by atoms with Gasteiger partial charge in [0.25, 0.3) is 0 Å². The van der Waals surface area contributed by atoms with E-state index in [1.54, 1.807) is 0 Å². The Kier molecular flexibility index (Phi) is 3.85. The van der Waals surface area contributed by atoms with E-state index in [-0.39, 0.29) is 0 Å². The van der Waals surface area contributed by atoms with Gasteiger partial charge in [-0.05, 0) is 43.7 Å². The van der Waals surface area contributed by atoms with E-state index in [2.05, 4.69) is 24.1 Å². The summed E-state index contributed by atoms with van der Waals surface area (Å²) < 4.78 is 0. The molecule has 0 saturated carbocycles. The Labute approximate surface area is 98.6 Å². The number of hydrogen-bond acceptors (Lipinski definition) is 2. The highest BCUT2D eigenvalue weighted by molar-refractivity contribution is 5.76. The Morgan fingerprint density at radius 2 is 1.94 bits per heavy atom. The topological polar surface area (TPSA) is 32.3 Å². The highest BCUT2D eigenvalue weighted by Crippen LogP contribution is 2.25. The fourth-order valence-electron chi connectivity index (χ4n) is 2.68. The summed E-state index contributed by atoms with van der Waals surface area (Å²) >= 11 is 0. The summed E-state index contributed by atoms with van der Waals surface area (Å²) in [5.74, 6) is 2.59. The SMILES string of the molecule is CC(C)C1CCN(C(=O)CC2CNC2)CC1. The van der Waals surface area contributed by atoms with Crippen molar-refractivity contribution in [2.75, 3.05) is 26.2 Å². The lowest BCUT2D eigenvalue weighted by atomic mass is 9.86. The number of nitrogens with zero attached hydrogens (tertiary/aromatic N) is 1. The van der Waals surface area contributed by atoms with Crippen LogP contribution in [0.15, 0.2) is 0 Å². The summed E-state index contributed by atoms with van der Waals surface area (Å²) in [7, 11) is 0. The number of likely N-dealkylation sites (tertiary alicyclic amines) is 1. The van der Waals surface area contributed by atoms with Crippen LogP contribution in [0.4, 0.5) is 0 Å². The molecular formula is C13H24N2O. The quantitative estimate of drug-likeness (QED) is 0.788. The van der Waals surface area contributed by atoms with Gasteiger partial charge >= 0.3 is 0 Å². The predicted molar refractivity (Wildman–Crippen MR) is 65.1 cm³/mol. The van der Waals surface area contributed by atoms with Gasteiger partial charge in [0.2, 0.25) is 5.91 Å². The van der Waals surface area contributed by atoms with Crippen molar-refractivity contribution in [2.45, 2.75) is 33.1 Å². The van der Waals surface area contributed by atoms with Gasteiger partial charge in [0.15, 0.2) is 0 Å². The van der Waals surface area contributed by atoms with E-state index in [0.717, 1.165) is 44.4 Å². The third kappa shape index (κ3) is 2.76. The molecule has 0 unspecified atom stereocenters. The molecule has 2 saturated heterocycles. The average Bonchev–Trinajstić information content (AvgIpc) is 2.23. The van der Waals surface area contributed by atoms with Crippen molar-refractivity contribution in [3.8, 4) is 0 Å². The Hall–Kier alpha value is -0.570. The van der Waals surface area contributed by atoms with E-state index >= 15 is 0 Å². The van der Waals surface area contributed by atoms with Crippen LogP contribution in [0.3, 0.4) is 0 Å². The van der Waals surface area contributed by atoms with Crippen LogP contribution >= 0.6 is 0 Å². The number of hydrogen-bond donors (Lipinski definition) is 1. The van der Waals surface area contributed by atoms with Crippen LogP contribution in [0.1, 0.15) is 33.1 Å². The van der Waals surface area contributed by atoms with Crippen LogP contribution in [-0.2, 0) is 4.79 Å². The molecule has 2 fully saturated rings. The Morgan fingerprint density at radius 1 is 1.31 bits per heavy atom. The minimum atomic E-state index is 0.383. The number of amides is 1. The van der Waals surface area contributed by atoms with E-state index in [1.165, 1.54) is 12.8 Å². The van der Waals surface area contributed by atoms with Crippen LogP contribution in [0, 0.1) is 17.8 Å². The summed E-state index contributed by atoms with van der Waals surface area (Å²) in [6.07, 6.45) is 3.16. The van der Waals surface area contributed by atoms with Crippen LogP contribution in [0.2, 0.25) is 0 Å². The van der Waals surface area contributed by atoms with Gasteiger partial charge in [-0.2, -0.15) is 0 Å². The first-order valence-corrected chi connectivity index (χ1v) is 6.65. The first-order valence-electron chi connectivity index (χ1n) is 6.65. The summed E-state index contributed by atoms with van der Waals surface area (Å²) in [6, 6.07) is 0. The largest absolute Gasteiger partial charge is 0.343 e. The minimum absolute atomic E-state index is 0.383. The predicted octanol–water partition coefficient (Wildman–Crippen LogP) is 1.49. The lowest BCUT2D eigenvalue weighted by Crippen LogP contribution is -2.46. The van der Waals surface area contributed by atoms with Crippen LogP contribution in [-0.4, -0.2) is 37.0 Å². The molecule has 1 amide bonds. The first-order chi connectivity index (χ1) is 7.66. The van der Waals surface area contributed by atoms with Crippen LogP contribution in [0.25, 0.3) is 0 Å². The monoisotopic (exact) mass is 224 g/mol. The molecule has 0 bridgehead atoms. The zero-order valence-electron chi connectivity index (χ0n) is 10.5. The number of rotatable bonds is 3. The Morgan fingerprint density at radius 3 is 2.38 bits per heavy atom. The lowest BCUT2D eigenvalue weighted by molar-refractivity contribution is -0.134. The van der Waals surface area contributed by atoms with Crippen molar-refractivity contribution in [3.05, 3.63) is 0 Å². The van der Waals surface area contributed by atoms with Gasteiger partial charge in [0.05, 0.1) is 0 Å². The van der Waals surface area contributed by atoms with Crippen molar-refractivity contribution >= 4 is 5.91 Å². The molecule has 0 aromatic rings. The molecule has 3 nitrogen and oxygen atoms in total. The molecule has 3 heteroatoms. The number of carbonyl (C=O) groups excluding carboxylic acids is 1. The van der Waals surface area contributed by atoms with Gasteiger partial charge in [-0.15, -0.1) is 0 Å². The summed E-state index contributed by atoms with van der Waals surface area (Å²) in [5, 5.41) is 3.22. The third-order valence-electron chi connectivity index (χ3n) is 4.16. The molecule has 2 aliphatic rings. The second-order valence-corrected chi connectivity index (χ2v) is 5.69. The van der Waals surface area contributed by atoms with Gasteiger partial charge in [-0.1, -0.05) is 13.8 Å². The fourth-order valence-corrected chi connectivity index (χ4v) is 2.68. The van der Waals surface area contributed by atoms with Crippen molar-refractivity contribution < 1.29 is 4.79 Å². The second kappa shape index (κ2) is 5.17. The van der Waals surface area contributed by atoms with E-state index in [1.807, 2.05) is 0 Å². The molecule has 1 N–H and O–H groups in total. The molecule has 92 valence electrons. The first kappa shape index (κ1) is 11.9. The number of piperidine rings is 1. The highest BCUT2D eigenvalue weighted by Gasteiger charge is 2.27. The third-order valence-corrected chi connectivity index (χ3v) is 4.16. The fraction of sp³-hybridized carbons (Fsp3) is 0.923. The van der Waals surface area contributed by atoms with Crippen molar-refractivity contribution in [1.29, 1.82) is 0 Å². The van der Waals surface area contributed by atoms with Crippen LogP contribution in [0.5, 0.6) is 0 Å². The minimum Gasteiger partial charge on any atom is -0.343 e. The van der Waals surface area contributed by atoms with Crippen LogP contribution < -0.4 is 5.32 Å². The summed E-state index contributed by atoms with van der Waals surface area (Å²) in [6.45, 7) is 8.64. The molecular weight excluding hydrogens is 200 g/mol. The van der Waals surface area contributed by atoms with Crippen molar-refractivity contribution in [2.24, 2.45) is 17.8 Å². The standard InChI is InChI=1S/C13H24N2O/c1-10(2)12-3-5-15(6-4-12)13(16)7-11-8-14-9-11/h10-12,14H,3-9H2,1-2H3. The average molecular weight is 224 g/mol. The summed E-state index contributed by atoms with van der Waals surface area (Å²) in [5.41, 5.74) is 0. The molecule has 0 radical (unpaired) electrons. The normalized spacial score (nSPS) is 23.6. The van der Waals surface area contributed by atoms with E-state index < -0.39 is 0 Å². The molecule has 2 heterocycles. The smallest absolute Gasteiger partial charge is 0.222 e. The van der Waals surface area contributed by atoms with Crippen molar-refractivity contribution in [1.82, 2.24) is 10.2 Å². The number of nitrogens with one attached hydrogen (secondary N) is 1. The van der Waals surface area contributed by atoms with E-state index in [4.69, 9.17) is 0 Å². The van der Waals surface area contributed by atoms with Gasteiger partial charge in [0.1, 0.15) is 0 Å². The van der Waals surface area contributed by atoms with Gasteiger partial charge in [-0.3, -0.25) is 4.79 Å². The zero-order valence-corrected chi connectivity index (χ0v) is 10.5. The Bertz CT molecular complexity index is 240. The van der Waals surface area contributed by atoms with Crippen molar-refractivity contribution in [3.63, 3.8) is 0 Å². The lowest BCUT2D eigenvalue weighted by Gasteiger charge is -2.35. The molecule has 2 aliphatic heterocycles. The molecule has 16 heavy (non-hydrogen) atoms. The van der Waals surface area contributed by atoms with Gasteiger partial charge in [-0.25, -0.2) is 0 Å². The molecule has 0 atom stereocenters. The zero-order chi connectivity index (χ0) is 11.5. The number of carbonyl (C=O) groups is 1. The second-order valence-electron chi connectivity index (χ2n) is 5.69. The van der Waals surface area contributed by atoms with Gasteiger partial charge in [0, 0.05) is 19.5 Å². The molecule has 0 aromatic heterocycles. The van der Waals surface area contributed by atoms with Gasteiger partial charge < -0.3 is 10.2 Å². The maximum absolute atomic E-state index is 12.0. The molecule has 0 aliphatic carbocycles. The van der Waals surface area contributed by atoms with E-state index in [9.17, 15) is 4.79 Å². The highest BCUT2D eigenvalue weighted by atomic mass is 16.2. The maximum atomic E-state index is 12.0. The van der Waals surface area contributed by atoms with E-state index in [0.29, 0.717) is 11.8 Å². The molecule has 2 rings (SSSR count). The summed E-state index contributed by atoms with van der Waals surface area (Å²) in [4.78, 5) is 14.1. The molecule has 0 spiro atoms.